The molecule has 2 aromatic heterocycles. The Kier molecular flexibility index (Phi) is 4.46. The maximum Gasteiger partial charge on any atom is 0.303 e. The van der Waals surface area contributed by atoms with Gasteiger partial charge in [-0.3, -0.25) is 4.79 Å². The van der Waals surface area contributed by atoms with Gasteiger partial charge in [0.1, 0.15) is 0 Å². The molecule has 2 heterocycles. The van der Waals surface area contributed by atoms with Crippen molar-refractivity contribution in [1.82, 2.24) is 15.0 Å². The molecule has 0 aromatic carbocycles. The minimum atomic E-state index is -0.739. The number of aromatic nitrogens is 3. The van der Waals surface area contributed by atoms with E-state index in [1.54, 1.807) is 11.3 Å². The average molecular weight is 265 g/mol. The van der Waals surface area contributed by atoms with Crippen LogP contribution in [0.5, 0.6) is 0 Å². The first-order valence-electron chi connectivity index (χ1n) is 5.87. The van der Waals surface area contributed by atoms with Crippen LogP contribution < -0.4 is 0 Å². The quantitative estimate of drug-likeness (QED) is 0.779. The highest BCUT2D eigenvalue weighted by atomic mass is 32.1. The lowest BCUT2D eigenvalue weighted by atomic mass is 10.1. The molecule has 0 saturated heterocycles. The van der Waals surface area contributed by atoms with E-state index in [1.165, 1.54) is 4.88 Å². The average Bonchev–Trinajstić information content (AvgIpc) is 2.97. The van der Waals surface area contributed by atoms with Crippen molar-refractivity contribution in [1.29, 1.82) is 0 Å². The number of hydrogen-bond acceptors (Lipinski definition) is 4. The highest BCUT2D eigenvalue weighted by Crippen LogP contribution is 2.10. The third-order valence-corrected chi connectivity index (χ3v) is 3.42. The summed E-state index contributed by atoms with van der Waals surface area (Å²) in [5.74, 6) is -0.739. The van der Waals surface area contributed by atoms with Gasteiger partial charge in [0.05, 0.1) is 12.2 Å². The standard InChI is InChI=1S/C12H15N3O2S/c16-12(17)6-2-1-4-10-8-15(14-13-10)9-11-5-3-7-18-11/h3,5,7-8H,1-2,4,6,9H2,(H,16,17). The molecule has 2 aromatic rings. The van der Waals surface area contributed by atoms with Crippen LogP contribution in [-0.4, -0.2) is 26.1 Å². The van der Waals surface area contributed by atoms with Crippen LogP contribution in [0.25, 0.3) is 0 Å². The van der Waals surface area contributed by atoms with Crippen LogP contribution >= 0.6 is 11.3 Å². The molecular weight excluding hydrogens is 250 g/mol. The molecule has 6 heteroatoms. The summed E-state index contributed by atoms with van der Waals surface area (Å²) in [7, 11) is 0. The van der Waals surface area contributed by atoms with Gasteiger partial charge >= 0.3 is 5.97 Å². The van der Waals surface area contributed by atoms with Crippen molar-refractivity contribution in [3.63, 3.8) is 0 Å². The normalized spacial score (nSPS) is 10.7. The number of nitrogens with zero attached hydrogens (tertiary/aromatic N) is 3. The topological polar surface area (TPSA) is 68.0 Å². The highest BCUT2D eigenvalue weighted by molar-refractivity contribution is 7.09. The predicted molar refractivity (Wildman–Crippen MR) is 68.6 cm³/mol. The van der Waals surface area contributed by atoms with E-state index in [-0.39, 0.29) is 6.42 Å². The lowest BCUT2D eigenvalue weighted by Gasteiger charge is -1.96. The van der Waals surface area contributed by atoms with Crippen molar-refractivity contribution in [2.24, 2.45) is 0 Å². The lowest BCUT2D eigenvalue weighted by Crippen LogP contribution is -1.98. The number of unbranched alkanes of at least 4 members (excludes halogenated alkanes) is 1. The van der Waals surface area contributed by atoms with Crippen LogP contribution in [0.1, 0.15) is 29.8 Å². The zero-order chi connectivity index (χ0) is 12.8. The third-order valence-electron chi connectivity index (χ3n) is 2.56. The van der Waals surface area contributed by atoms with E-state index in [0.717, 1.165) is 25.1 Å². The Morgan fingerprint density at radius 1 is 1.44 bits per heavy atom. The van der Waals surface area contributed by atoms with Crippen LogP contribution in [-0.2, 0) is 17.8 Å². The molecule has 1 N–H and O–H groups in total. The lowest BCUT2D eigenvalue weighted by molar-refractivity contribution is -0.137. The molecule has 0 fully saturated rings. The molecule has 0 unspecified atom stereocenters. The van der Waals surface area contributed by atoms with Crippen molar-refractivity contribution in [3.05, 3.63) is 34.3 Å². The Balaban J connectivity index is 1.77. The first kappa shape index (κ1) is 12.8. The van der Waals surface area contributed by atoms with Gasteiger partial charge in [-0.05, 0) is 30.7 Å². The summed E-state index contributed by atoms with van der Waals surface area (Å²) in [5.41, 5.74) is 0.928. The van der Waals surface area contributed by atoms with Gasteiger partial charge in [0.25, 0.3) is 0 Å². The molecule has 5 nitrogen and oxygen atoms in total. The van der Waals surface area contributed by atoms with Crippen molar-refractivity contribution in [2.75, 3.05) is 0 Å². The molecule has 96 valence electrons. The first-order valence-corrected chi connectivity index (χ1v) is 6.75. The van der Waals surface area contributed by atoms with Crippen LogP contribution in [0, 0.1) is 0 Å². The molecular formula is C12H15N3O2S. The third kappa shape index (κ3) is 3.96. The Labute approximate surface area is 109 Å². The van der Waals surface area contributed by atoms with Crippen LogP contribution in [0.15, 0.2) is 23.7 Å². The molecule has 0 radical (unpaired) electrons. The zero-order valence-corrected chi connectivity index (χ0v) is 10.8. The minimum absolute atomic E-state index is 0.226. The molecule has 2 rings (SSSR count). The number of hydrogen-bond donors (Lipinski definition) is 1. The van der Waals surface area contributed by atoms with Crippen molar-refractivity contribution >= 4 is 17.3 Å². The number of carbonyl (C=O) groups is 1. The second kappa shape index (κ2) is 6.30. The Morgan fingerprint density at radius 2 is 2.33 bits per heavy atom. The summed E-state index contributed by atoms with van der Waals surface area (Å²) in [4.78, 5) is 11.6. The van der Waals surface area contributed by atoms with Gasteiger partial charge in [0, 0.05) is 17.5 Å². The van der Waals surface area contributed by atoms with Crippen molar-refractivity contribution in [3.8, 4) is 0 Å². The summed E-state index contributed by atoms with van der Waals surface area (Å²) >= 11 is 1.70. The van der Waals surface area contributed by atoms with E-state index in [2.05, 4.69) is 16.4 Å². The predicted octanol–water partition coefficient (Wildman–Crippen LogP) is 2.19. The largest absolute Gasteiger partial charge is 0.481 e. The molecule has 0 saturated carbocycles. The van der Waals surface area contributed by atoms with Crippen LogP contribution in [0.3, 0.4) is 0 Å². The second-order valence-corrected chi connectivity index (χ2v) is 5.12. The summed E-state index contributed by atoms with van der Waals surface area (Å²) < 4.78 is 1.82. The zero-order valence-electron chi connectivity index (χ0n) is 9.95. The fourth-order valence-electron chi connectivity index (χ4n) is 1.67. The molecule has 18 heavy (non-hydrogen) atoms. The van der Waals surface area contributed by atoms with Gasteiger partial charge < -0.3 is 5.11 Å². The van der Waals surface area contributed by atoms with Gasteiger partial charge in [-0.1, -0.05) is 11.3 Å². The fraction of sp³-hybridized carbons (Fsp3) is 0.417. The van der Waals surface area contributed by atoms with E-state index in [1.807, 2.05) is 22.3 Å². The van der Waals surface area contributed by atoms with Gasteiger partial charge in [-0.25, -0.2) is 4.68 Å². The van der Waals surface area contributed by atoms with Gasteiger partial charge in [0.15, 0.2) is 0 Å². The Morgan fingerprint density at radius 3 is 3.06 bits per heavy atom. The Bertz CT molecular complexity index is 493. The Hall–Kier alpha value is -1.69. The van der Waals surface area contributed by atoms with Crippen LogP contribution in [0.2, 0.25) is 0 Å². The van der Waals surface area contributed by atoms with E-state index in [9.17, 15) is 4.79 Å². The smallest absolute Gasteiger partial charge is 0.303 e. The molecule has 0 spiro atoms. The van der Waals surface area contributed by atoms with Crippen molar-refractivity contribution in [2.45, 2.75) is 32.2 Å². The summed E-state index contributed by atoms with van der Waals surface area (Å²) in [6.07, 6.45) is 4.47. The summed E-state index contributed by atoms with van der Waals surface area (Å²) in [5, 5.41) is 18.7. The number of carboxylic acids is 1. The molecule has 0 amide bonds. The molecule has 0 aliphatic heterocycles. The molecule has 0 aliphatic rings. The molecule has 0 atom stereocenters. The maximum absolute atomic E-state index is 10.4. The van der Waals surface area contributed by atoms with Crippen LogP contribution in [0.4, 0.5) is 0 Å². The number of thiophene rings is 1. The van der Waals surface area contributed by atoms with Gasteiger partial charge in [0.2, 0.25) is 0 Å². The van der Waals surface area contributed by atoms with Gasteiger partial charge in [-0.15, -0.1) is 16.4 Å². The number of aliphatic carboxylic acids is 1. The number of carboxylic acid groups (broad SMARTS) is 1. The SMILES string of the molecule is O=C(O)CCCCc1cn(Cc2cccs2)nn1. The van der Waals surface area contributed by atoms with E-state index in [4.69, 9.17) is 5.11 Å². The maximum atomic E-state index is 10.4. The second-order valence-electron chi connectivity index (χ2n) is 4.09. The van der Waals surface area contributed by atoms with E-state index >= 15 is 0 Å². The van der Waals surface area contributed by atoms with E-state index in [0.29, 0.717) is 6.42 Å². The highest BCUT2D eigenvalue weighted by Gasteiger charge is 2.03. The number of aryl methyl sites for hydroxylation is 1. The fourth-order valence-corrected chi connectivity index (χ4v) is 2.37. The molecule has 0 aliphatic carbocycles. The van der Waals surface area contributed by atoms with E-state index < -0.39 is 5.97 Å². The first-order chi connectivity index (χ1) is 8.74. The molecule has 0 bridgehead atoms. The van der Waals surface area contributed by atoms with Gasteiger partial charge in [-0.2, -0.15) is 0 Å². The summed E-state index contributed by atoms with van der Waals surface area (Å²) in [6, 6.07) is 4.09. The summed E-state index contributed by atoms with van der Waals surface area (Å²) in [6.45, 7) is 0.750. The minimum Gasteiger partial charge on any atom is -0.481 e. The monoisotopic (exact) mass is 265 g/mol. The number of rotatable bonds is 7. The van der Waals surface area contributed by atoms with Crippen molar-refractivity contribution < 1.29 is 9.90 Å².